The molecule has 0 saturated heterocycles. The molecule has 0 aliphatic heterocycles. The maximum Gasteiger partial charge on any atom is 0.0803 e. The maximum atomic E-state index is 2.46. The third kappa shape index (κ3) is 3.25. The summed E-state index contributed by atoms with van der Waals surface area (Å²) in [5, 5.41) is 7.78. The molecule has 0 spiro atoms. The summed E-state index contributed by atoms with van der Waals surface area (Å²) < 4.78 is 7.29. The number of hydrogen-bond acceptors (Lipinski definition) is 0. The van der Waals surface area contributed by atoms with Gasteiger partial charge < -0.3 is 13.5 Å². The molecule has 5 heterocycles. The van der Waals surface area contributed by atoms with E-state index in [-0.39, 0.29) is 0 Å². The fourth-order valence-electron chi connectivity index (χ4n) is 8.22. The number of para-hydroxylation sites is 3. The van der Waals surface area contributed by atoms with Crippen LogP contribution >= 0.6 is 0 Å². The molecule has 0 fully saturated rings. The van der Waals surface area contributed by atoms with Crippen molar-refractivity contribution >= 4 is 70.9 Å². The molecule has 11 aromatic rings. The largest absolute Gasteiger partial charge is 0.309 e. The van der Waals surface area contributed by atoms with Gasteiger partial charge in [-0.2, -0.15) is 0 Å². The van der Waals surface area contributed by atoms with Crippen LogP contribution in [0.2, 0.25) is 0 Å². The molecule has 47 heavy (non-hydrogen) atoms. The summed E-state index contributed by atoms with van der Waals surface area (Å²) in [7, 11) is 0. The second-order valence-corrected chi connectivity index (χ2v) is 12.6. The molecular weight excluding hydrogens is 571 g/mol. The zero-order chi connectivity index (χ0) is 30.6. The van der Waals surface area contributed by atoms with E-state index >= 15 is 0 Å². The van der Waals surface area contributed by atoms with E-state index in [0.29, 0.717) is 0 Å². The Morgan fingerprint density at radius 1 is 0.277 bits per heavy atom. The number of benzene rings is 6. The van der Waals surface area contributed by atoms with Gasteiger partial charge in [0.1, 0.15) is 0 Å². The molecular formula is C44H27N3. The van der Waals surface area contributed by atoms with Gasteiger partial charge in [0.25, 0.3) is 0 Å². The molecule has 3 nitrogen and oxygen atoms in total. The Balaban J connectivity index is 1.06. The van der Waals surface area contributed by atoms with Gasteiger partial charge in [-0.05, 0) is 65.7 Å². The molecule has 0 aliphatic carbocycles. The standard InChI is InChI=1S/C44H27N3/c1-2-13-35-34(12-1)39-18-9-19-41-44-42(43(35)47(39)41)36-14-5-8-17-40(36)46(44)31-26-22-29(23-27-31)28-20-24-30(25-21-28)45-37-15-6-3-10-32(37)33-11-4-7-16-38(33)45/h1-27H. The second-order valence-electron chi connectivity index (χ2n) is 12.6. The molecule has 0 radical (unpaired) electrons. The zero-order valence-electron chi connectivity index (χ0n) is 25.4. The van der Waals surface area contributed by atoms with E-state index in [2.05, 4.69) is 177 Å². The first kappa shape index (κ1) is 24.9. The minimum absolute atomic E-state index is 1.17. The highest BCUT2D eigenvalue weighted by Crippen LogP contribution is 2.44. The van der Waals surface area contributed by atoms with Crippen LogP contribution in [0.4, 0.5) is 0 Å². The normalized spacial score (nSPS) is 12.3. The summed E-state index contributed by atoms with van der Waals surface area (Å²) in [4.78, 5) is 0. The molecule has 3 heteroatoms. The number of pyridine rings is 1. The van der Waals surface area contributed by atoms with E-state index in [1.807, 2.05) is 0 Å². The second kappa shape index (κ2) is 9.12. The van der Waals surface area contributed by atoms with Gasteiger partial charge in [0.05, 0.1) is 38.6 Å². The van der Waals surface area contributed by atoms with Gasteiger partial charge in [0.15, 0.2) is 0 Å². The first-order valence-corrected chi connectivity index (χ1v) is 16.2. The zero-order valence-corrected chi connectivity index (χ0v) is 25.4. The van der Waals surface area contributed by atoms with E-state index in [0.717, 1.165) is 0 Å². The van der Waals surface area contributed by atoms with Crippen molar-refractivity contribution in [2.75, 3.05) is 0 Å². The highest BCUT2D eigenvalue weighted by molar-refractivity contribution is 6.30. The number of nitrogens with zero attached hydrogens (tertiary/aromatic N) is 3. The van der Waals surface area contributed by atoms with Crippen LogP contribution in [0.25, 0.3) is 93.4 Å². The lowest BCUT2D eigenvalue weighted by atomic mass is 10.0. The summed E-state index contributed by atoms with van der Waals surface area (Å²) in [5.74, 6) is 0. The van der Waals surface area contributed by atoms with Crippen LogP contribution in [-0.2, 0) is 0 Å². The summed E-state index contributed by atoms with van der Waals surface area (Å²) in [6.45, 7) is 0. The van der Waals surface area contributed by atoms with Crippen LogP contribution in [0.5, 0.6) is 0 Å². The summed E-state index contributed by atoms with van der Waals surface area (Å²) in [6, 6.07) is 59.8. The van der Waals surface area contributed by atoms with Crippen molar-refractivity contribution in [3.05, 3.63) is 164 Å². The highest BCUT2D eigenvalue weighted by Gasteiger charge is 2.23. The predicted octanol–water partition coefficient (Wildman–Crippen LogP) is 11.5. The van der Waals surface area contributed by atoms with Gasteiger partial charge in [0.2, 0.25) is 0 Å². The van der Waals surface area contributed by atoms with Crippen LogP contribution in [0.1, 0.15) is 0 Å². The van der Waals surface area contributed by atoms with Crippen molar-refractivity contribution in [2.45, 2.75) is 0 Å². The molecule has 6 aromatic carbocycles. The van der Waals surface area contributed by atoms with Crippen LogP contribution in [0.15, 0.2) is 164 Å². The Morgan fingerprint density at radius 3 is 1.30 bits per heavy atom. The third-order valence-corrected chi connectivity index (χ3v) is 10.2. The number of fused-ring (bicyclic) bond motifs is 11. The first-order chi connectivity index (χ1) is 23.3. The SMILES string of the molecule is c1ccc2c(c1)c1ccccc1n2-c1ccc(-c2ccc(-n3c4ccccc4c4c3c3cccc5c6ccccc6c4n53)cc2)cc1. The third-order valence-electron chi connectivity index (χ3n) is 10.2. The number of aromatic nitrogens is 3. The molecule has 0 saturated carbocycles. The average molecular weight is 598 g/mol. The van der Waals surface area contributed by atoms with Crippen LogP contribution in [0, 0.1) is 0 Å². The van der Waals surface area contributed by atoms with Crippen molar-refractivity contribution in [2.24, 2.45) is 0 Å². The van der Waals surface area contributed by atoms with E-state index in [1.165, 1.54) is 93.4 Å². The van der Waals surface area contributed by atoms with Gasteiger partial charge in [-0.15, -0.1) is 0 Å². The Kier molecular flexibility index (Phi) is 4.84. The lowest BCUT2D eigenvalue weighted by molar-refractivity contribution is 1.18. The maximum absolute atomic E-state index is 2.46. The minimum Gasteiger partial charge on any atom is -0.309 e. The topological polar surface area (TPSA) is 14.3 Å². The molecule has 0 unspecified atom stereocenters. The molecule has 0 bridgehead atoms. The van der Waals surface area contributed by atoms with Gasteiger partial charge in [-0.3, -0.25) is 0 Å². The summed E-state index contributed by atoms with van der Waals surface area (Å²) >= 11 is 0. The Bertz CT molecular complexity index is 2930. The Hall–Kier alpha value is -6.32. The Morgan fingerprint density at radius 2 is 0.702 bits per heavy atom. The molecule has 0 amide bonds. The van der Waals surface area contributed by atoms with Crippen LogP contribution in [0.3, 0.4) is 0 Å². The Labute approximate surface area is 270 Å². The molecule has 0 aliphatic rings. The van der Waals surface area contributed by atoms with Gasteiger partial charge in [-0.25, -0.2) is 0 Å². The lowest BCUT2D eigenvalue weighted by Gasteiger charge is -2.11. The van der Waals surface area contributed by atoms with Gasteiger partial charge in [0, 0.05) is 43.7 Å². The fraction of sp³-hybridized carbons (Fsp3) is 0. The lowest BCUT2D eigenvalue weighted by Crippen LogP contribution is -1.95. The first-order valence-electron chi connectivity index (χ1n) is 16.2. The number of hydrogen-bond donors (Lipinski definition) is 0. The summed E-state index contributed by atoms with van der Waals surface area (Å²) in [6.07, 6.45) is 0. The molecule has 218 valence electrons. The van der Waals surface area contributed by atoms with Crippen molar-refractivity contribution in [3.8, 4) is 22.5 Å². The monoisotopic (exact) mass is 597 g/mol. The van der Waals surface area contributed by atoms with Crippen LogP contribution in [-0.4, -0.2) is 13.5 Å². The van der Waals surface area contributed by atoms with Gasteiger partial charge >= 0.3 is 0 Å². The molecule has 0 atom stereocenters. The minimum atomic E-state index is 1.17. The summed E-state index contributed by atoms with van der Waals surface area (Å²) in [5.41, 5.74) is 13.5. The molecule has 11 rings (SSSR count). The van der Waals surface area contributed by atoms with Gasteiger partial charge in [-0.1, -0.05) is 109 Å². The fourth-order valence-corrected chi connectivity index (χ4v) is 8.22. The van der Waals surface area contributed by atoms with Crippen LogP contribution < -0.4 is 0 Å². The van der Waals surface area contributed by atoms with Crippen molar-refractivity contribution < 1.29 is 0 Å². The van der Waals surface area contributed by atoms with E-state index in [1.54, 1.807) is 0 Å². The molecule has 0 N–H and O–H groups in total. The highest BCUT2D eigenvalue weighted by atomic mass is 15.0. The van der Waals surface area contributed by atoms with E-state index in [9.17, 15) is 0 Å². The smallest absolute Gasteiger partial charge is 0.0803 e. The van der Waals surface area contributed by atoms with E-state index < -0.39 is 0 Å². The quantitative estimate of drug-likeness (QED) is 0.192. The van der Waals surface area contributed by atoms with E-state index in [4.69, 9.17) is 0 Å². The number of rotatable bonds is 3. The van der Waals surface area contributed by atoms with Crippen molar-refractivity contribution in [3.63, 3.8) is 0 Å². The predicted molar refractivity (Wildman–Crippen MR) is 198 cm³/mol. The van der Waals surface area contributed by atoms with Crippen molar-refractivity contribution in [1.29, 1.82) is 0 Å². The average Bonchev–Trinajstić information content (AvgIpc) is 3.86. The molecule has 5 aromatic heterocycles. The van der Waals surface area contributed by atoms with Crippen molar-refractivity contribution in [1.82, 2.24) is 13.5 Å².